The van der Waals surface area contributed by atoms with Crippen LogP contribution in [0.3, 0.4) is 0 Å². The van der Waals surface area contributed by atoms with E-state index in [1.165, 1.54) is 25.1 Å². The first-order valence-electron chi connectivity index (χ1n) is 7.19. The molecule has 0 saturated carbocycles. The van der Waals surface area contributed by atoms with Crippen LogP contribution >= 0.6 is 0 Å². The second-order valence-corrected chi connectivity index (χ2v) is 5.52. The summed E-state index contributed by atoms with van der Waals surface area (Å²) in [5.41, 5.74) is 6.96. The minimum absolute atomic E-state index is 0.497. The normalized spacial score (nSPS) is 23.2. The van der Waals surface area contributed by atoms with Crippen molar-refractivity contribution in [3.8, 4) is 0 Å². The molecule has 1 saturated heterocycles. The molecule has 1 aliphatic heterocycles. The molecular weight excluding hydrogens is 224 g/mol. The number of hydrogen-bond acceptors (Lipinski definition) is 3. The zero-order valence-electron chi connectivity index (χ0n) is 11.7. The van der Waals surface area contributed by atoms with Crippen LogP contribution in [-0.4, -0.2) is 34.3 Å². The quantitative estimate of drug-likeness (QED) is 0.869. The molecule has 1 fully saturated rings. The Morgan fingerprint density at radius 2 is 2.39 bits per heavy atom. The molecule has 2 atom stereocenters. The Balaban J connectivity index is 1.90. The SMILES string of the molecule is CCC(C)n1ccc(CN2CCCC(CN)C2)n1. The maximum atomic E-state index is 5.77. The number of likely N-dealkylation sites (tertiary alicyclic amines) is 1. The van der Waals surface area contributed by atoms with Crippen LogP contribution in [0.5, 0.6) is 0 Å². The smallest absolute Gasteiger partial charge is 0.0764 e. The first-order chi connectivity index (χ1) is 8.72. The van der Waals surface area contributed by atoms with E-state index >= 15 is 0 Å². The Morgan fingerprint density at radius 3 is 3.11 bits per heavy atom. The van der Waals surface area contributed by atoms with Gasteiger partial charge in [0.15, 0.2) is 0 Å². The van der Waals surface area contributed by atoms with Crippen molar-refractivity contribution in [2.75, 3.05) is 19.6 Å². The Morgan fingerprint density at radius 1 is 1.56 bits per heavy atom. The van der Waals surface area contributed by atoms with Gasteiger partial charge in [0.05, 0.1) is 5.69 Å². The van der Waals surface area contributed by atoms with Gasteiger partial charge in [-0.1, -0.05) is 6.92 Å². The van der Waals surface area contributed by atoms with E-state index in [1.54, 1.807) is 0 Å². The summed E-state index contributed by atoms with van der Waals surface area (Å²) in [7, 11) is 0. The molecule has 0 aliphatic carbocycles. The minimum atomic E-state index is 0.497. The molecule has 1 aromatic rings. The molecule has 18 heavy (non-hydrogen) atoms. The van der Waals surface area contributed by atoms with Gasteiger partial charge >= 0.3 is 0 Å². The van der Waals surface area contributed by atoms with E-state index in [4.69, 9.17) is 5.73 Å². The lowest BCUT2D eigenvalue weighted by Gasteiger charge is -2.31. The third kappa shape index (κ3) is 3.33. The fraction of sp³-hybridized carbons (Fsp3) is 0.786. The Labute approximate surface area is 110 Å². The number of rotatable bonds is 5. The van der Waals surface area contributed by atoms with Gasteiger partial charge in [-0.2, -0.15) is 5.10 Å². The minimum Gasteiger partial charge on any atom is -0.330 e. The summed E-state index contributed by atoms with van der Waals surface area (Å²) in [6.45, 7) is 8.52. The van der Waals surface area contributed by atoms with Crippen LogP contribution in [0.4, 0.5) is 0 Å². The van der Waals surface area contributed by atoms with Crippen molar-refractivity contribution < 1.29 is 0 Å². The van der Waals surface area contributed by atoms with Crippen LogP contribution in [0.1, 0.15) is 44.8 Å². The molecule has 0 spiro atoms. The van der Waals surface area contributed by atoms with Crippen LogP contribution in [0.25, 0.3) is 0 Å². The van der Waals surface area contributed by atoms with Crippen LogP contribution in [0, 0.1) is 5.92 Å². The zero-order valence-corrected chi connectivity index (χ0v) is 11.7. The summed E-state index contributed by atoms with van der Waals surface area (Å²) in [6.07, 6.45) is 5.79. The van der Waals surface area contributed by atoms with E-state index in [0.717, 1.165) is 26.1 Å². The fourth-order valence-electron chi connectivity index (χ4n) is 2.61. The van der Waals surface area contributed by atoms with Crippen molar-refractivity contribution >= 4 is 0 Å². The Bertz CT molecular complexity index is 360. The summed E-state index contributed by atoms with van der Waals surface area (Å²) < 4.78 is 2.08. The van der Waals surface area contributed by atoms with Gasteiger partial charge in [0, 0.05) is 25.3 Å². The maximum absolute atomic E-state index is 5.77. The third-order valence-corrected chi connectivity index (χ3v) is 4.03. The van der Waals surface area contributed by atoms with Gasteiger partial charge in [0.1, 0.15) is 0 Å². The highest BCUT2D eigenvalue weighted by atomic mass is 15.3. The highest BCUT2D eigenvalue weighted by molar-refractivity contribution is 5.00. The van der Waals surface area contributed by atoms with Crippen LogP contribution in [0.15, 0.2) is 12.3 Å². The molecule has 2 rings (SSSR count). The molecule has 102 valence electrons. The predicted octanol–water partition coefficient (Wildman–Crippen LogP) is 2.02. The van der Waals surface area contributed by atoms with Gasteiger partial charge < -0.3 is 5.73 Å². The molecule has 0 amide bonds. The molecule has 2 unspecified atom stereocenters. The second-order valence-electron chi connectivity index (χ2n) is 5.52. The molecule has 2 N–H and O–H groups in total. The van der Waals surface area contributed by atoms with E-state index in [2.05, 4.69) is 40.8 Å². The summed E-state index contributed by atoms with van der Waals surface area (Å²) >= 11 is 0. The topological polar surface area (TPSA) is 47.1 Å². The van der Waals surface area contributed by atoms with E-state index in [1.807, 2.05) is 0 Å². The van der Waals surface area contributed by atoms with Gasteiger partial charge in [0.2, 0.25) is 0 Å². The standard InChI is InChI=1S/C14H26N4/c1-3-12(2)18-8-6-14(16-18)11-17-7-4-5-13(9-15)10-17/h6,8,12-13H,3-5,7,9-11,15H2,1-2H3. The largest absolute Gasteiger partial charge is 0.330 e. The molecule has 1 aliphatic rings. The molecule has 2 heterocycles. The molecule has 0 radical (unpaired) electrons. The lowest BCUT2D eigenvalue weighted by atomic mass is 9.98. The summed E-state index contributed by atoms with van der Waals surface area (Å²) in [4.78, 5) is 2.49. The predicted molar refractivity (Wildman–Crippen MR) is 74.3 cm³/mol. The van der Waals surface area contributed by atoms with Gasteiger partial charge in [-0.25, -0.2) is 0 Å². The van der Waals surface area contributed by atoms with E-state index in [0.29, 0.717) is 12.0 Å². The van der Waals surface area contributed by atoms with Crippen molar-refractivity contribution in [1.29, 1.82) is 0 Å². The number of hydrogen-bond donors (Lipinski definition) is 1. The summed E-state index contributed by atoms with van der Waals surface area (Å²) in [5, 5.41) is 4.67. The zero-order chi connectivity index (χ0) is 13.0. The van der Waals surface area contributed by atoms with Gasteiger partial charge in [-0.05, 0) is 51.3 Å². The lowest BCUT2D eigenvalue weighted by Crippen LogP contribution is -2.37. The number of aromatic nitrogens is 2. The van der Waals surface area contributed by atoms with Crippen LogP contribution < -0.4 is 5.73 Å². The molecule has 0 aromatic carbocycles. The van der Waals surface area contributed by atoms with Crippen molar-refractivity contribution in [3.63, 3.8) is 0 Å². The van der Waals surface area contributed by atoms with Crippen molar-refractivity contribution in [3.05, 3.63) is 18.0 Å². The summed E-state index contributed by atoms with van der Waals surface area (Å²) in [5.74, 6) is 0.676. The van der Waals surface area contributed by atoms with Gasteiger partial charge in [-0.3, -0.25) is 9.58 Å². The second kappa shape index (κ2) is 6.34. The summed E-state index contributed by atoms with van der Waals surface area (Å²) in [6, 6.07) is 2.65. The van der Waals surface area contributed by atoms with E-state index in [9.17, 15) is 0 Å². The average Bonchev–Trinajstić information content (AvgIpc) is 2.86. The number of nitrogens with zero attached hydrogens (tertiary/aromatic N) is 3. The van der Waals surface area contributed by atoms with Gasteiger partial charge in [-0.15, -0.1) is 0 Å². The molecule has 4 nitrogen and oxygen atoms in total. The van der Waals surface area contributed by atoms with Crippen molar-refractivity contribution in [2.45, 2.75) is 45.7 Å². The van der Waals surface area contributed by atoms with Crippen molar-refractivity contribution in [1.82, 2.24) is 14.7 Å². The highest BCUT2D eigenvalue weighted by Crippen LogP contribution is 2.17. The maximum Gasteiger partial charge on any atom is 0.0764 e. The molecule has 0 bridgehead atoms. The molecule has 1 aromatic heterocycles. The first kappa shape index (κ1) is 13.6. The number of nitrogens with two attached hydrogens (primary N) is 1. The Hall–Kier alpha value is -0.870. The number of piperidine rings is 1. The monoisotopic (exact) mass is 250 g/mol. The fourth-order valence-corrected chi connectivity index (χ4v) is 2.61. The van der Waals surface area contributed by atoms with Crippen molar-refractivity contribution in [2.24, 2.45) is 11.7 Å². The Kier molecular flexibility index (Phi) is 4.78. The highest BCUT2D eigenvalue weighted by Gasteiger charge is 2.19. The first-order valence-corrected chi connectivity index (χ1v) is 7.19. The third-order valence-electron chi connectivity index (χ3n) is 4.03. The lowest BCUT2D eigenvalue weighted by molar-refractivity contribution is 0.169. The average molecular weight is 250 g/mol. The molecule has 4 heteroatoms. The van der Waals surface area contributed by atoms with Gasteiger partial charge in [0.25, 0.3) is 0 Å². The molecular formula is C14H26N4. The van der Waals surface area contributed by atoms with E-state index < -0.39 is 0 Å². The van der Waals surface area contributed by atoms with Crippen LogP contribution in [0.2, 0.25) is 0 Å². The van der Waals surface area contributed by atoms with E-state index in [-0.39, 0.29) is 0 Å². The van der Waals surface area contributed by atoms with Crippen LogP contribution in [-0.2, 0) is 6.54 Å².